The Morgan fingerprint density at radius 1 is 1.16 bits per heavy atom. The van der Waals surface area contributed by atoms with Crippen molar-refractivity contribution < 1.29 is 9.59 Å². The van der Waals surface area contributed by atoms with E-state index in [9.17, 15) is 9.59 Å². The highest BCUT2D eigenvalue weighted by atomic mass is 16.2. The van der Waals surface area contributed by atoms with Crippen molar-refractivity contribution in [3.63, 3.8) is 0 Å². The first-order valence-corrected chi connectivity index (χ1v) is 7.00. The van der Waals surface area contributed by atoms with Crippen molar-refractivity contribution in [3.05, 3.63) is 0 Å². The number of hydrogen-bond acceptors (Lipinski definition) is 4. The van der Waals surface area contributed by atoms with Gasteiger partial charge in [0.05, 0.1) is 6.54 Å². The predicted molar refractivity (Wildman–Crippen MR) is 76.2 cm³/mol. The van der Waals surface area contributed by atoms with E-state index in [1.807, 2.05) is 20.8 Å². The molecule has 0 rings (SSSR count). The third kappa shape index (κ3) is 10.5. The van der Waals surface area contributed by atoms with E-state index in [1.165, 1.54) is 0 Å². The molecule has 0 fully saturated rings. The molecule has 0 aromatic carbocycles. The van der Waals surface area contributed by atoms with Crippen molar-refractivity contribution in [2.45, 2.75) is 52.5 Å². The third-order valence-electron chi connectivity index (χ3n) is 2.80. The molecule has 4 N–H and O–H groups in total. The van der Waals surface area contributed by atoms with Crippen LogP contribution in [0.5, 0.6) is 0 Å². The smallest absolute Gasteiger partial charge is 0.234 e. The summed E-state index contributed by atoms with van der Waals surface area (Å²) in [6, 6.07) is 0.181. The number of hydrogen-bond donors (Lipinski definition) is 3. The Balaban J connectivity index is 3.70. The Morgan fingerprint density at radius 2 is 1.84 bits per heavy atom. The van der Waals surface area contributed by atoms with E-state index in [2.05, 4.69) is 15.6 Å². The molecule has 112 valence electrons. The SMILES string of the molecule is CCN(CCCCCC(=O)NN)CC(=O)NC(C)C. The van der Waals surface area contributed by atoms with Gasteiger partial charge in [0, 0.05) is 12.5 Å². The zero-order chi connectivity index (χ0) is 14.7. The van der Waals surface area contributed by atoms with Crippen molar-refractivity contribution in [1.29, 1.82) is 0 Å². The molecule has 0 aliphatic rings. The summed E-state index contributed by atoms with van der Waals surface area (Å²) in [5.74, 6) is 4.95. The van der Waals surface area contributed by atoms with Crippen LogP contribution in [0.4, 0.5) is 0 Å². The Labute approximate surface area is 116 Å². The van der Waals surface area contributed by atoms with Gasteiger partial charge in [-0.15, -0.1) is 0 Å². The summed E-state index contributed by atoms with van der Waals surface area (Å²) in [7, 11) is 0. The Kier molecular flexibility index (Phi) is 10.1. The summed E-state index contributed by atoms with van der Waals surface area (Å²) < 4.78 is 0. The lowest BCUT2D eigenvalue weighted by atomic mass is 10.2. The minimum Gasteiger partial charge on any atom is -0.353 e. The molecule has 19 heavy (non-hydrogen) atoms. The monoisotopic (exact) mass is 272 g/mol. The highest BCUT2D eigenvalue weighted by molar-refractivity contribution is 5.78. The molecule has 0 atom stereocenters. The van der Waals surface area contributed by atoms with Gasteiger partial charge in [0.1, 0.15) is 0 Å². The summed E-state index contributed by atoms with van der Waals surface area (Å²) >= 11 is 0. The third-order valence-corrected chi connectivity index (χ3v) is 2.80. The number of carbonyl (C=O) groups is 2. The molecule has 6 heteroatoms. The second kappa shape index (κ2) is 10.8. The maximum atomic E-state index is 11.6. The largest absolute Gasteiger partial charge is 0.353 e. The van der Waals surface area contributed by atoms with Crippen LogP contribution in [0.25, 0.3) is 0 Å². The lowest BCUT2D eigenvalue weighted by molar-refractivity contribution is -0.123. The molecule has 0 radical (unpaired) electrons. The number of carbonyl (C=O) groups excluding carboxylic acids is 2. The highest BCUT2D eigenvalue weighted by Gasteiger charge is 2.09. The second-order valence-corrected chi connectivity index (χ2v) is 4.97. The normalized spacial score (nSPS) is 10.8. The van der Waals surface area contributed by atoms with Gasteiger partial charge >= 0.3 is 0 Å². The molecule has 0 aromatic rings. The van der Waals surface area contributed by atoms with Gasteiger partial charge in [0.15, 0.2) is 0 Å². The average molecular weight is 272 g/mol. The molecule has 2 amide bonds. The standard InChI is InChI=1S/C13H28N4O2/c1-4-17(10-13(19)15-11(2)3)9-7-5-6-8-12(18)16-14/h11H,4-10,14H2,1-3H3,(H,15,19)(H,16,18). The number of nitrogens with two attached hydrogens (primary N) is 1. The van der Waals surface area contributed by atoms with Crippen molar-refractivity contribution >= 4 is 11.8 Å². The van der Waals surface area contributed by atoms with E-state index in [1.54, 1.807) is 0 Å². The zero-order valence-corrected chi connectivity index (χ0v) is 12.4. The Bertz CT molecular complexity index is 269. The molecule has 0 aliphatic heterocycles. The molecular weight excluding hydrogens is 244 g/mol. The van der Waals surface area contributed by atoms with Crippen molar-refractivity contribution in [2.24, 2.45) is 5.84 Å². The van der Waals surface area contributed by atoms with E-state index in [0.29, 0.717) is 13.0 Å². The first-order chi connectivity index (χ1) is 8.99. The van der Waals surface area contributed by atoms with E-state index >= 15 is 0 Å². The minimum atomic E-state index is -0.122. The molecular formula is C13H28N4O2. The van der Waals surface area contributed by atoms with E-state index in [4.69, 9.17) is 5.84 Å². The first-order valence-electron chi connectivity index (χ1n) is 7.00. The van der Waals surface area contributed by atoms with Crippen LogP contribution < -0.4 is 16.6 Å². The molecule has 0 spiro atoms. The van der Waals surface area contributed by atoms with Gasteiger partial charge in [-0.1, -0.05) is 13.3 Å². The van der Waals surface area contributed by atoms with Crippen LogP contribution in [-0.4, -0.2) is 42.4 Å². The lowest BCUT2D eigenvalue weighted by Crippen LogP contribution is -2.40. The van der Waals surface area contributed by atoms with Gasteiger partial charge in [-0.25, -0.2) is 5.84 Å². The van der Waals surface area contributed by atoms with E-state index in [-0.39, 0.29) is 17.9 Å². The number of rotatable bonds is 10. The van der Waals surface area contributed by atoms with Crippen LogP contribution >= 0.6 is 0 Å². The van der Waals surface area contributed by atoms with Crippen LogP contribution in [0.15, 0.2) is 0 Å². The summed E-state index contributed by atoms with van der Waals surface area (Å²) in [5, 5.41) is 2.88. The Morgan fingerprint density at radius 3 is 2.37 bits per heavy atom. The Hall–Kier alpha value is -1.14. The molecule has 6 nitrogen and oxygen atoms in total. The molecule has 0 bridgehead atoms. The molecule has 0 saturated carbocycles. The number of amides is 2. The van der Waals surface area contributed by atoms with Crippen molar-refractivity contribution in [1.82, 2.24) is 15.6 Å². The second-order valence-electron chi connectivity index (χ2n) is 4.97. The van der Waals surface area contributed by atoms with Crippen molar-refractivity contribution in [3.8, 4) is 0 Å². The van der Waals surface area contributed by atoms with Crippen LogP contribution in [-0.2, 0) is 9.59 Å². The van der Waals surface area contributed by atoms with Crippen molar-refractivity contribution in [2.75, 3.05) is 19.6 Å². The van der Waals surface area contributed by atoms with E-state index < -0.39 is 0 Å². The number of nitrogens with one attached hydrogen (secondary N) is 2. The minimum absolute atomic E-state index is 0.0689. The fraction of sp³-hybridized carbons (Fsp3) is 0.846. The van der Waals surface area contributed by atoms with Crippen LogP contribution in [0.3, 0.4) is 0 Å². The van der Waals surface area contributed by atoms with Crippen LogP contribution in [0, 0.1) is 0 Å². The zero-order valence-electron chi connectivity index (χ0n) is 12.4. The quantitative estimate of drug-likeness (QED) is 0.232. The summed E-state index contributed by atoms with van der Waals surface area (Å²) in [5.41, 5.74) is 2.12. The average Bonchev–Trinajstić information content (AvgIpc) is 2.35. The summed E-state index contributed by atoms with van der Waals surface area (Å²) in [4.78, 5) is 24.6. The predicted octanol–water partition coefficient (Wildman–Crippen LogP) is 0.383. The molecule has 0 saturated heterocycles. The van der Waals surface area contributed by atoms with Gasteiger partial charge in [-0.05, 0) is 39.8 Å². The highest BCUT2D eigenvalue weighted by Crippen LogP contribution is 2.02. The summed E-state index contributed by atoms with van der Waals surface area (Å²) in [6.07, 6.45) is 3.26. The van der Waals surface area contributed by atoms with Gasteiger partial charge < -0.3 is 5.32 Å². The van der Waals surface area contributed by atoms with Gasteiger partial charge in [0.2, 0.25) is 11.8 Å². The maximum Gasteiger partial charge on any atom is 0.234 e. The fourth-order valence-electron chi connectivity index (χ4n) is 1.79. The number of unbranched alkanes of at least 4 members (excludes halogenated alkanes) is 2. The van der Waals surface area contributed by atoms with Gasteiger partial charge in [0.25, 0.3) is 0 Å². The number of hydrazine groups is 1. The topological polar surface area (TPSA) is 87.5 Å². The lowest BCUT2D eigenvalue weighted by Gasteiger charge is -2.20. The van der Waals surface area contributed by atoms with Gasteiger partial charge in [-0.2, -0.15) is 0 Å². The molecule has 0 unspecified atom stereocenters. The van der Waals surface area contributed by atoms with Crippen LogP contribution in [0.1, 0.15) is 46.5 Å². The molecule has 0 aromatic heterocycles. The number of likely N-dealkylation sites (N-methyl/N-ethyl adjacent to an activating group) is 1. The molecule has 0 heterocycles. The maximum absolute atomic E-state index is 11.6. The molecule has 0 aliphatic carbocycles. The fourth-order valence-corrected chi connectivity index (χ4v) is 1.79. The summed E-state index contributed by atoms with van der Waals surface area (Å²) in [6.45, 7) is 8.14. The van der Waals surface area contributed by atoms with Gasteiger partial charge in [-0.3, -0.25) is 19.9 Å². The number of nitrogens with zero attached hydrogens (tertiary/aromatic N) is 1. The first kappa shape index (κ1) is 17.9. The van der Waals surface area contributed by atoms with E-state index in [0.717, 1.165) is 32.4 Å². The van der Waals surface area contributed by atoms with Crippen LogP contribution in [0.2, 0.25) is 0 Å².